The Bertz CT molecular complexity index is 501. The van der Waals surface area contributed by atoms with Crippen molar-refractivity contribution in [3.8, 4) is 0 Å². The van der Waals surface area contributed by atoms with E-state index in [1.807, 2.05) is 16.7 Å². The largest absolute Gasteiger partial charge is 0.348 e. The summed E-state index contributed by atoms with van der Waals surface area (Å²) in [6, 6.07) is 8.52. The second-order valence-corrected chi connectivity index (χ2v) is 3.55. The van der Waals surface area contributed by atoms with Crippen molar-refractivity contribution >= 4 is 11.6 Å². The van der Waals surface area contributed by atoms with Crippen molar-refractivity contribution < 1.29 is 0 Å². The van der Waals surface area contributed by atoms with Crippen LogP contribution in [0.3, 0.4) is 0 Å². The van der Waals surface area contributed by atoms with Crippen molar-refractivity contribution in [2.45, 2.75) is 6.54 Å². The monoisotopic (exact) mass is 220 g/mol. The molecule has 0 saturated carbocycles. The summed E-state index contributed by atoms with van der Waals surface area (Å²) in [5.74, 6) is 0. The second-order valence-electron chi connectivity index (χ2n) is 3.16. The molecule has 0 saturated heterocycles. The maximum atomic E-state index is 10.9. The molecule has 0 amide bonds. The first-order valence-electron chi connectivity index (χ1n) is 4.51. The molecule has 0 radical (unpaired) electrons. The molecule has 4 heteroatoms. The number of hydrogen-bond donors (Lipinski definition) is 0. The van der Waals surface area contributed by atoms with E-state index in [1.165, 1.54) is 12.1 Å². The highest BCUT2D eigenvalue weighted by atomic mass is 35.5. The summed E-state index contributed by atoms with van der Waals surface area (Å²) >= 11 is 5.77. The quantitative estimate of drug-likeness (QED) is 0.725. The van der Waals surface area contributed by atoms with Gasteiger partial charge in [-0.05, 0) is 12.1 Å². The van der Waals surface area contributed by atoms with Gasteiger partial charge >= 0.3 is 0 Å². The van der Waals surface area contributed by atoms with Crippen molar-refractivity contribution in [3.05, 3.63) is 63.8 Å². The predicted molar refractivity (Wildman–Crippen MR) is 59.1 cm³/mol. The lowest BCUT2D eigenvalue weighted by Gasteiger charge is -2.04. The molecule has 0 spiro atoms. The van der Waals surface area contributed by atoms with Gasteiger partial charge < -0.3 is 4.57 Å². The molecule has 0 fully saturated rings. The molecular formula is C11H9ClN2O. The standard InChI is InChI=1S/C11H9ClN2O/c12-11-3-1-2-9(13-11)8-14-6-4-10(15)5-7-14/h1-7H,8H2. The molecule has 3 nitrogen and oxygen atoms in total. The number of pyridine rings is 2. The summed E-state index contributed by atoms with van der Waals surface area (Å²) in [4.78, 5) is 15.0. The van der Waals surface area contributed by atoms with E-state index < -0.39 is 0 Å². The van der Waals surface area contributed by atoms with E-state index in [0.29, 0.717) is 11.7 Å². The fourth-order valence-corrected chi connectivity index (χ4v) is 1.46. The van der Waals surface area contributed by atoms with Gasteiger partial charge in [0.05, 0.1) is 12.2 Å². The third-order valence-corrected chi connectivity index (χ3v) is 2.19. The van der Waals surface area contributed by atoms with Crippen molar-refractivity contribution in [2.24, 2.45) is 0 Å². The summed E-state index contributed by atoms with van der Waals surface area (Å²) < 4.78 is 1.88. The topological polar surface area (TPSA) is 34.9 Å². The van der Waals surface area contributed by atoms with Gasteiger partial charge in [0, 0.05) is 24.5 Å². The zero-order valence-corrected chi connectivity index (χ0v) is 8.69. The predicted octanol–water partition coefficient (Wildman–Crippen LogP) is 1.95. The Hall–Kier alpha value is -1.61. The van der Waals surface area contributed by atoms with Gasteiger partial charge in [-0.2, -0.15) is 0 Å². The Balaban J connectivity index is 2.22. The Morgan fingerprint density at radius 1 is 1.20 bits per heavy atom. The smallest absolute Gasteiger partial charge is 0.181 e. The third-order valence-electron chi connectivity index (χ3n) is 1.98. The molecule has 0 unspecified atom stereocenters. The molecular weight excluding hydrogens is 212 g/mol. The maximum absolute atomic E-state index is 10.9. The lowest BCUT2D eigenvalue weighted by molar-refractivity contribution is 0.766. The lowest BCUT2D eigenvalue weighted by Crippen LogP contribution is -2.05. The molecule has 0 atom stereocenters. The average Bonchev–Trinajstić information content (AvgIpc) is 2.22. The van der Waals surface area contributed by atoms with Crippen LogP contribution in [0, 0.1) is 0 Å². The minimum Gasteiger partial charge on any atom is -0.348 e. The fraction of sp³-hybridized carbons (Fsp3) is 0.0909. The Morgan fingerprint density at radius 2 is 1.93 bits per heavy atom. The SMILES string of the molecule is O=c1ccn(Cc2cccc(Cl)n2)cc1. The minimum atomic E-state index is 0.00491. The van der Waals surface area contributed by atoms with Gasteiger partial charge in [-0.3, -0.25) is 4.79 Å². The van der Waals surface area contributed by atoms with E-state index in [9.17, 15) is 4.79 Å². The van der Waals surface area contributed by atoms with Crippen molar-refractivity contribution in [2.75, 3.05) is 0 Å². The molecule has 76 valence electrons. The van der Waals surface area contributed by atoms with Gasteiger partial charge in [0.1, 0.15) is 5.15 Å². The van der Waals surface area contributed by atoms with Gasteiger partial charge in [-0.1, -0.05) is 17.7 Å². The number of rotatable bonds is 2. The van der Waals surface area contributed by atoms with E-state index in [4.69, 9.17) is 11.6 Å². The van der Waals surface area contributed by atoms with E-state index >= 15 is 0 Å². The van der Waals surface area contributed by atoms with Crippen LogP contribution in [0.2, 0.25) is 5.15 Å². The Kier molecular flexibility index (Phi) is 2.83. The molecule has 2 aromatic heterocycles. The van der Waals surface area contributed by atoms with Crippen LogP contribution in [0.25, 0.3) is 0 Å². The highest BCUT2D eigenvalue weighted by Crippen LogP contribution is 2.06. The summed E-state index contributed by atoms with van der Waals surface area (Å²) in [6.45, 7) is 0.612. The van der Waals surface area contributed by atoms with Gasteiger partial charge in [0.15, 0.2) is 5.43 Å². The number of halogens is 1. The summed E-state index contributed by atoms with van der Waals surface area (Å²) in [5, 5.41) is 0.480. The zero-order valence-electron chi connectivity index (χ0n) is 7.93. The molecule has 2 aromatic rings. The lowest BCUT2D eigenvalue weighted by atomic mass is 10.3. The van der Waals surface area contributed by atoms with Crippen LogP contribution in [0.5, 0.6) is 0 Å². The third kappa shape index (κ3) is 2.67. The first-order chi connectivity index (χ1) is 7.24. The molecule has 0 bridgehead atoms. The molecule has 0 aromatic carbocycles. The Labute approximate surface area is 92.0 Å². The summed E-state index contributed by atoms with van der Waals surface area (Å²) in [5.41, 5.74) is 0.872. The molecule has 0 aliphatic carbocycles. The molecule has 2 rings (SSSR count). The van der Waals surface area contributed by atoms with Crippen molar-refractivity contribution in [3.63, 3.8) is 0 Å². The maximum Gasteiger partial charge on any atom is 0.181 e. The highest BCUT2D eigenvalue weighted by molar-refractivity contribution is 6.29. The molecule has 15 heavy (non-hydrogen) atoms. The van der Waals surface area contributed by atoms with Crippen LogP contribution < -0.4 is 5.43 Å². The number of aromatic nitrogens is 2. The van der Waals surface area contributed by atoms with Crippen LogP contribution in [0.1, 0.15) is 5.69 Å². The van der Waals surface area contributed by atoms with E-state index in [-0.39, 0.29) is 5.43 Å². The van der Waals surface area contributed by atoms with Crippen LogP contribution >= 0.6 is 11.6 Å². The van der Waals surface area contributed by atoms with Crippen LogP contribution in [-0.4, -0.2) is 9.55 Å². The van der Waals surface area contributed by atoms with Crippen molar-refractivity contribution in [1.82, 2.24) is 9.55 Å². The zero-order chi connectivity index (χ0) is 10.7. The van der Waals surface area contributed by atoms with Gasteiger partial charge in [-0.25, -0.2) is 4.98 Å². The second kappa shape index (κ2) is 4.28. The van der Waals surface area contributed by atoms with Gasteiger partial charge in [-0.15, -0.1) is 0 Å². The Morgan fingerprint density at radius 3 is 2.60 bits per heavy atom. The van der Waals surface area contributed by atoms with E-state index in [1.54, 1.807) is 18.5 Å². The number of nitrogens with zero attached hydrogens (tertiary/aromatic N) is 2. The van der Waals surface area contributed by atoms with Gasteiger partial charge in [0.25, 0.3) is 0 Å². The van der Waals surface area contributed by atoms with Crippen LogP contribution in [0.4, 0.5) is 0 Å². The molecule has 0 aliphatic rings. The minimum absolute atomic E-state index is 0.00491. The number of hydrogen-bond acceptors (Lipinski definition) is 2. The molecule has 2 heterocycles. The van der Waals surface area contributed by atoms with E-state index in [0.717, 1.165) is 5.69 Å². The van der Waals surface area contributed by atoms with Crippen LogP contribution in [-0.2, 0) is 6.54 Å². The molecule has 0 aliphatic heterocycles. The first-order valence-corrected chi connectivity index (χ1v) is 4.89. The molecule has 0 N–H and O–H groups in total. The highest BCUT2D eigenvalue weighted by Gasteiger charge is 1.96. The van der Waals surface area contributed by atoms with Gasteiger partial charge in [0.2, 0.25) is 0 Å². The van der Waals surface area contributed by atoms with E-state index in [2.05, 4.69) is 4.98 Å². The first kappa shape index (κ1) is 9.93. The average molecular weight is 221 g/mol. The van der Waals surface area contributed by atoms with Crippen molar-refractivity contribution in [1.29, 1.82) is 0 Å². The van der Waals surface area contributed by atoms with Crippen LogP contribution in [0.15, 0.2) is 47.5 Å². The fourth-order valence-electron chi connectivity index (χ4n) is 1.27. The summed E-state index contributed by atoms with van der Waals surface area (Å²) in [6.07, 6.45) is 3.45. The normalized spacial score (nSPS) is 10.2. The summed E-state index contributed by atoms with van der Waals surface area (Å²) in [7, 11) is 0.